The number of rotatable bonds is 6. The first kappa shape index (κ1) is 24.7. The van der Waals surface area contributed by atoms with Gasteiger partial charge in [-0.25, -0.2) is 0 Å². The van der Waals surface area contributed by atoms with E-state index in [0.717, 1.165) is 25.2 Å². The summed E-state index contributed by atoms with van der Waals surface area (Å²) in [6.45, 7) is 13.8. The predicted octanol–water partition coefficient (Wildman–Crippen LogP) is 7.02. The molecule has 0 heterocycles. The molecule has 184 valence electrons. The zero-order chi connectivity index (χ0) is 24.0. The summed E-state index contributed by atoms with van der Waals surface area (Å²) >= 11 is 0. The first-order chi connectivity index (χ1) is 15.6. The molecule has 4 rings (SSSR count). The van der Waals surface area contributed by atoms with E-state index < -0.39 is 0 Å². The molecular formula is C30H46O3. The molecule has 0 bridgehead atoms. The Balaban J connectivity index is 1.45. The van der Waals surface area contributed by atoms with Crippen molar-refractivity contribution in [2.45, 2.75) is 86.5 Å². The first-order valence-electron chi connectivity index (χ1n) is 13.6. The topological polar surface area (TPSA) is 43.4 Å². The SMILES string of the molecule is CC(=O)OCC(C)[C@H](C)/C=C/[C@@H](C)[C@H]1CC[C@H]2[C@@H]3CC(=O)[C@H]4CC=CC[C@]4(C)[C@H]3CC[C@]12C. The Morgan fingerprint density at radius 2 is 1.82 bits per heavy atom. The molecule has 3 heteroatoms. The number of esters is 1. The molecule has 33 heavy (non-hydrogen) atoms. The summed E-state index contributed by atoms with van der Waals surface area (Å²) in [6.07, 6.45) is 17.5. The molecule has 3 saturated carbocycles. The van der Waals surface area contributed by atoms with E-state index in [2.05, 4.69) is 58.9 Å². The number of Topliss-reactive ketones (excluding diaryl/α,β-unsaturated/α-hetero) is 1. The number of carbonyl (C=O) groups is 2. The third-order valence-corrected chi connectivity index (χ3v) is 10.9. The van der Waals surface area contributed by atoms with Gasteiger partial charge in [0.1, 0.15) is 5.78 Å². The van der Waals surface area contributed by atoms with Crippen LogP contribution in [0.25, 0.3) is 0 Å². The lowest BCUT2D eigenvalue weighted by molar-refractivity contribution is -0.149. The third-order valence-electron chi connectivity index (χ3n) is 10.9. The van der Waals surface area contributed by atoms with Gasteiger partial charge in [0.05, 0.1) is 6.61 Å². The monoisotopic (exact) mass is 454 g/mol. The van der Waals surface area contributed by atoms with Gasteiger partial charge in [-0.1, -0.05) is 58.9 Å². The molecule has 0 saturated heterocycles. The summed E-state index contributed by atoms with van der Waals surface area (Å²) in [6, 6.07) is 0. The lowest BCUT2D eigenvalue weighted by Gasteiger charge is -2.59. The average Bonchev–Trinajstić information content (AvgIpc) is 3.13. The molecule has 3 nitrogen and oxygen atoms in total. The quantitative estimate of drug-likeness (QED) is 0.320. The van der Waals surface area contributed by atoms with Crippen LogP contribution in [0.4, 0.5) is 0 Å². The van der Waals surface area contributed by atoms with Crippen molar-refractivity contribution in [2.75, 3.05) is 6.61 Å². The molecule has 0 spiro atoms. The lowest BCUT2D eigenvalue weighted by atomic mass is 9.45. The van der Waals surface area contributed by atoms with E-state index in [0.29, 0.717) is 53.3 Å². The van der Waals surface area contributed by atoms with E-state index in [1.807, 2.05) is 0 Å². The van der Waals surface area contributed by atoms with Crippen molar-refractivity contribution in [2.24, 2.45) is 58.2 Å². The minimum Gasteiger partial charge on any atom is -0.466 e. The van der Waals surface area contributed by atoms with E-state index >= 15 is 0 Å². The van der Waals surface area contributed by atoms with Gasteiger partial charge in [-0.2, -0.15) is 0 Å². The van der Waals surface area contributed by atoms with Gasteiger partial charge in [0.25, 0.3) is 0 Å². The second-order valence-corrected chi connectivity index (χ2v) is 12.6. The van der Waals surface area contributed by atoms with E-state index in [-0.39, 0.29) is 17.3 Å². The Bertz CT molecular complexity index is 811. The van der Waals surface area contributed by atoms with Gasteiger partial charge >= 0.3 is 5.97 Å². The fourth-order valence-corrected chi connectivity index (χ4v) is 8.63. The van der Waals surface area contributed by atoms with Crippen LogP contribution in [0.15, 0.2) is 24.3 Å². The summed E-state index contributed by atoms with van der Waals surface area (Å²) in [5.74, 6) is 4.58. The molecule has 0 aromatic heterocycles. The molecule has 4 aliphatic carbocycles. The van der Waals surface area contributed by atoms with Gasteiger partial charge in [0.2, 0.25) is 0 Å². The van der Waals surface area contributed by atoms with Crippen molar-refractivity contribution in [1.82, 2.24) is 0 Å². The van der Waals surface area contributed by atoms with E-state index in [9.17, 15) is 9.59 Å². The summed E-state index contributed by atoms with van der Waals surface area (Å²) in [5.41, 5.74) is 0.540. The minimum absolute atomic E-state index is 0.188. The van der Waals surface area contributed by atoms with Crippen molar-refractivity contribution in [3.63, 3.8) is 0 Å². The molecule has 4 aliphatic rings. The Morgan fingerprint density at radius 1 is 1.09 bits per heavy atom. The van der Waals surface area contributed by atoms with E-state index in [1.54, 1.807) is 0 Å². The number of carbonyl (C=O) groups excluding carboxylic acids is 2. The van der Waals surface area contributed by atoms with Crippen molar-refractivity contribution in [1.29, 1.82) is 0 Å². The van der Waals surface area contributed by atoms with Gasteiger partial charge in [-0.05, 0) is 90.8 Å². The summed E-state index contributed by atoms with van der Waals surface area (Å²) in [7, 11) is 0. The summed E-state index contributed by atoms with van der Waals surface area (Å²) in [4.78, 5) is 24.4. The standard InChI is InChI=1S/C30H46O3/c1-19(21(3)18-33-22(4)31)10-11-20(2)24-12-13-25-23-17-28(32)27-9-7-8-15-29(27,5)26(23)14-16-30(24,25)6/h7-8,10-11,19-21,23-27H,9,12-18H2,1-6H3/b11-10+/t19-,20-,21?,23+,24-,25+,26+,27-,29-,30-/m1/s1. The zero-order valence-corrected chi connectivity index (χ0v) is 21.8. The second kappa shape index (κ2) is 9.34. The summed E-state index contributed by atoms with van der Waals surface area (Å²) in [5, 5.41) is 0. The van der Waals surface area contributed by atoms with Gasteiger partial charge in [-0.3, -0.25) is 9.59 Å². The van der Waals surface area contributed by atoms with Crippen LogP contribution in [-0.2, 0) is 14.3 Å². The average molecular weight is 455 g/mol. The number of allylic oxidation sites excluding steroid dienone is 4. The smallest absolute Gasteiger partial charge is 0.302 e. The highest BCUT2D eigenvalue weighted by molar-refractivity contribution is 5.83. The lowest BCUT2D eigenvalue weighted by Crippen LogP contribution is -2.55. The van der Waals surface area contributed by atoms with Crippen LogP contribution >= 0.6 is 0 Å². The molecule has 1 unspecified atom stereocenters. The third kappa shape index (κ3) is 4.39. The minimum atomic E-state index is -0.197. The van der Waals surface area contributed by atoms with Gasteiger partial charge in [0.15, 0.2) is 0 Å². The van der Waals surface area contributed by atoms with Crippen molar-refractivity contribution >= 4 is 11.8 Å². The number of hydrogen-bond donors (Lipinski definition) is 0. The van der Waals surface area contributed by atoms with E-state index in [4.69, 9.17) is 4.74 Å². The fourth-order valence-electron chi connectivity index (χ4n) is 8.63. The van der Waals surface area contributed by atoms with Crippen molar-refractivity contribution in [3.8, 4) is 0 Å². The highest BCUT2D eigenvalue weighted by Crippen LogP contribution is 2.67. The molecule has 0 aromatic rings. The normalized spacial score (nSPS) is 42.8. The molecule has 0 aliphatic heterocycles. The van der Waals surface area contributed by atoms with Gasteiger partial charge < -0.3 is 4.74 Å². The van der Waals surface area contributed by atoms with Crippen molar-refractivity contribution < 1.29 is 14.3 Å². The van der Waals surface area contributed by atoms with Crippen LogP contribution in [0.1, 0.15) is 86.5 Å². The van der Waals surface area contributed by atoms with E-state index in [1.165, 1.54) is 32.6 Å². The number of ketones is 1. The van der Waals surface area contributed by atoms with Crippen LogP contribution in [0, 0.1) is 58.2 Å². The molecule has 0 amide bonds. The van der Waals surface area contributed by atoms with Crippen LogP contribution in [0.5, 0.6) is 0 Å². The largest absolute Gasteiger partial charge is 0.466 e. The molecule has 0 N–H and O–H groups in total. The Hall–Kier alpha value is -1.38. The molecule has 10 atom stereocenters. The van der Waals surface area contributed by atoms with Gasteiger partial charge in [-0.15, -0.1) is 0 Å². The van der Waals surface area contributed by atoms with Crippen LogP contribution < -0.4 is 0 Å². The number of ether oxygens (including phenoxy) is 1. The maximum atomic E-state index is 13.3. The number of fused-ring (bicyclic) bond motifs is 5. The Kier molecular flexibility index (Phi) is 7.00. The molecule has 0 aromatic carbocycles. The fraction of sp³-hybridized carbons (Fsp3) is 0.800. The zero-order valence-electron chi connectivity index (χ0n) is 21.8. The maximum absolute atomic E-state index is 13.3. The molecular weight excluding hydrogens is 408 g/mol. The first-order valence-corrected chi connectivity index (χ1v) is 13.6. The Morgan fingerprint density at radius 3 is 2.55 bits per heavy atom. The van der Waals surface area contributed by atoms with Crippen molar-refractivity contribution in [3.05, 3.63) is 24.3 Å². The van der Waals surface area contributed by atoms with Crippen LogP contribution in [0.2, 0.25) is 0 Å². The highest BCUT2D eigenvalue weighted by Gasteiger charge is 2.61. The second-order valence-electron chi connectivity index (χ2n) is 12.6. The highest BCUT2D eigenvalue weighted by atomic mass is 16.5. The van der Waals surface area contributed by atoms with Crippen LogP contribution in [0.3, 0.4) is 0 Å². The number of hydrogen-bond acceptors (Lipinski definition) is 3. The molecule has 3 fully saturated rings. The van der Waals surface area contributed by atoms with Gasteiger partial charge in [0, 0.05) is 19.3 Å². The Labute approximate surface area is 201 Å². The van der Waals surface area contributed by atoms with Crippen LogP contribution in [-0.4, -0.2) is 18.4 Å². The predicted molar refractivity (Wildman–Crippen MR) is 133 cm³/mol. The molecule has 0 radical (unpaired) electrons. The maximum Gasteiger partial charge on any atom is 0.302 e. The summed E-state index contributed by atoms with van der Waals surface area (Å²) < 4.78 is 5.22.